The van der Waals surface area contributed by atoms with Gasteiger partial charge in [0.15, 0.2) is 0 Å². The van der Waals surface area contributed by atoms with E-state index >= 15 is 0 Å². The summed E-state index contributed by atoms with van der Waals surface area (Å²) in [5.74, 6) is 1.00. The van der Waals surface area contributed by atoms with Gasteiger partial charge in [0.2, 0.25) is 11.8 Å². The molecule has 160 valence electrons. The lowest BCUT2D eigenvalue weighted by molar-refractivity contribution is -0.130. The van der Waals surface area contributed by atoms with Crippen molar-refractivity contribution < 1.29 is 19.1 Å². The molecule has 0 N–H and O–H groups in total. The number of pyridine rings is 1. The molecule has 0 aliphatic carbocycles. The average molecular weight is 421 g/mol. The lowest BCUT2D eigenvalue weighted by Crippen LogP contribution is -2.42. The van der Waals surface area contributed by atoms with Gasteiger partial charge in [0, 0.05) is 44.0 Å². The van der Waals surface area contributed by atoms with Gasteiger partial charge in [0.25, 0.3) is 0 Å². The summed E-state index contributed by atoms with van der Waals surface area (Å²) in [6.45, 7) is 2.06. The van der Waals surface area contributed by atoms with Crippen molar-refractivity contribution in [2.45, 2.75) is 12.5 Å². The van der Waals surface area contributed by atoms with Crippen LogP contribution in [0.15, 0.2) is 42.6 Å². The van der Waals surface area contributed by atoms with Crippen molar-refractivity contribution in [3.63, 3.8) is 0 Å². The van der Waals surface area contributed by atoms with E-state index in [-0.39, 0.29) is 24.6 Å². The van der Waals surface area contributed by atoms with E-state index in [1.807, 2.05) is 24.3 Å². The molecule has 9 nitrogen and oxygen atoms in total. The second-order valence-electron chi connectivity index (χ2n) is 7.42. The number of methoxy groups -OCH3 is 1. The highest BCUT2D eigenvalue weighted by Crippen LogP contribution is 2.24. The molecule has 3 heterocycles. The Balaban J connectivity index is 1.30. The zero-order chi connectivity index (χ0) is 21.8. The van der Waals surface area contributed by atoms with Crippen LogP contribution in [0.3, 0.4) is 0 Å². The van der Waals surface area contributed by atoms with Crippen molar-refractivity contribution >= 4 is 17.6 Å². The number of likely N-dealkylation sites (tertiary alicyclic amines) is 1. The minimum atomic E-state index is -0.185. The average Bonchev–Trinajstić information content (AvgIpc) is 3.41. The van der Waals surface area contributed by atoms with Gasteiger partial charge in [-0.2, -0.15) is 5.26 Å². The lowest BCUT2D eigenvalue weighted by atomic mass is 10.3. The summed E-state index contributed by atoms with van der Waals surface area (Å²) in [4.78, 5) is 34.6. The fourth-order valence-electron chi connectivity index (χ4n) is 3.76. The Bertz CT molecular complexity index is 1000. The smallest absolute Gasteiger partial charge is 0.325 e. The number of amides is 3. The van der Waals surface area contributed by atoms with Crippen molar-refractivity contribution in [1.82, 2.24) is 14.8 Å². The number of aromatic nitrogens is 1. The van der Waals surface area contributed by atoms with Crippen molar-refractivity contribution in [2.24, 2.45) is 0 Å². The van der Waals surface area contributed by atoms with Crippen LogP contribution in [0.2, 0.25) is 0 Å². The van der Waals surface area contributed by atoms with Gasteiger partial charge in [-0.3, -0.25) is 9.69 Å². The third-order valence-electron chi connectivity index (χ3n) is 5.45. The van der Waals surface area contributed by atoms with Crippen LogP contribution in [-0.4, -0.2) is 72.7 Å². The van der Waals surface area contributed by atoms with Crippen LogP contribution in [0, 0.1) is 11.3 Å². The molecular weight excluding hydrogens is 398 g/mol. The number of nitrogens with zero attached hydrogens (tertiary/aromatic N) is 5. The third-order valence-corrected chi connectivity index (χ3v) is 5.45. The molecular formula is C22H23N5O4. The zero-order valence-electron chi connectivity index (χ0n) is 17.2. The summed E-state index contributed by atoms with van der Waals surface area (Å²) in [6.07, 6.45) is 2.02. The molecule has 2 aliphatic heterocycles. The summed E-state index contributed by atoms with van der Waals surface area (Å²) in [7, 11) is 1.59. The van der Waals surface area contributed by atoms with Crippen LogP contribution in [0.1, 0.15) is 12.0 Å². The van der Waals surface area contributed by atoms with Crippen molar-refractivity contribution in [3.8, 4) is 17.7 Å². The summed E-state index contributed by atoms with van der Waals surface area (Å²) in [5.41, 5.74) is 1.26. The predicted molar refractivity (Wildman–Crippen MR) is 112 cm³/mol. The quantitative estimate of drug-likeness (QED) is 0.706. The first kappa shape index (κ1) is 20.5. The molecule has 9 heteroatoms. The topological polar surface area (TPSA) is 99.0 Å². The van der Waals surface area contributed by atoms with Crippen LogP contribution >= 0.6 is 0 Å². The number of carbonyl (C=O) groups is 2. The first-order chi connectivity index (χ1) is 15.1. The molecule has 2 aromatic rings. The normalized spacial score (nSPS) is 18.3. The first-order valence-corrected chi connectivity index (χ1v) is 10.1. The molecule has 1 aromatic carbocycles. The summed E-state index contributed by atoms with van der Waals surface area (Å²) in [6, 6.07) is 12.4. The van der Waals surface area contributed by atoms with E-state index in [2.05, 4.69) is 11.1 Å². The molecule has 3 amide bonds. The van der Waals surface area contributed by atoms with Crippen LogP contribution in [0.25, 0.3) is 0 Å². The van der Waals surface area contributed by atoms with Crippen LogP contribution in [0.4, 0.5) is 10.5 Å². The maximum absolute atomic E-state index is 12.8. The Kier molecular flexibility index (Phi) is 5.89. The van der Waals surface area contributed by atoms with E-state index in [0.717, 1.165) is 11.4 Å². The Morgan fingerprint density at radius 1 is 1.23 bits per heavy atom. The van der Waals surface area contributed by atoms with Gasteiger partial charge < -0.3 is 19.3 Å². The van der Waals surface area contributed by atoms with Gasteiger partial charge in [0.05, 0.1) is 25.3 Å². The second-order valence-corrected chi connectivity index (χ2v) is 7.42. The van der Waals surface area contributed by atoms with Crippen LogP contribution < -0.4 is 14.4 Å². The summed E-state index contributed by atoms with van der Waals surface area (Å²) in [5, 5.41) is 8.98. The number of urea groups is 1. The van der Waals surface area contributed by atoms with Gasteiger partial charge in [-0.15, -0.1) is 0 Å². The van der Waals surface area contributed by atoms with Gasteiger partial charge in [-0.25, -0.2) is 9.78 Å². The number of anilines is 1. The fraction of sp³-hybridized carbons (Fsp3) is 0.364. The molecule has 0 spiro atoms. The highest BCUT2D eigenvalue weighted by atomic mass is 16.5. The number of benzene rings is 1. The minimum absolute atomic E-state index is 0.0420. The molecule has 2 aliphatic rings. The highest BCUT2D eigenvalue weighted by Gasteiger charge is 2.34. The molecule has 0 saturated carbocycles. The SMILES string of the molecule is COc1ccc(N2CCN(CC(=O)N3CCC(Oc4cc(C#N)ccn4)C3)C2=O)cc1. The van der Waals surface area contributed by atoms with Crippen LogP contribution in [0.5, 0.6) is 11.6 Å². The number of hydrogen-bond acceptors (Lipinski definition) is 6. The van der Waals surface area contributed by atoms with Gasteiger partial charge in [-0.05, 0) is 30.3 Å². The zero-order valence-corrected chi connectivity index (χ0v) is 17.2. The molecule has 0 bridgehead atoms. The van der Waals surface area contributed by atoms with E-state index in [9.17, 15) is 9.59 Å². The Morgan fingerprint density at radius 3 is 2.77 bits per heavy atom. The van der Waals surface area contributed by atoms with Gasteiger partial charge >= 0.3 is 6.03 Å². The van der Waals surface area contributed by atoms with E-state index < -0.39 is 0 Å². The van der Waals surface area contributed by atoms with Crippen molar-refractivity contribution in [2.75, 3.05) is 44.7 Å². The van der Waals surface area contributed by atoms with E-state index in [0.29, 0.717) is 44.0 Å². The van der Waals surface area contributed by atoms with E-state index in [4.69, 9.17) is 14.7 Å². The Hall–Kier alpha value is -3.80. The summed E-state index contributed by atoms with van der Waals surface area (Å²) < 4.78 is 11.0. The number of rotatable bonds is 6. The molecule has 2 saturated heterocycles. The van der Waals surface area contributed by atoms with Crippen LogP contribution in [-0.2, 0) is 4.79 Å². The molecule has 31 heavy (non-hydrogen) atoms. The Labute approximate surface area is 180 Å². The summed E-state index contributed by atoms with van der Waals surface area (Å²) >= 11 is 0. The van der Waals surface area contributed by atoms with Gasteiger partial charge in [-0.1, -0.05) is 0 Å². The van der Waals surface area contributed by atoms with E-state index in [1.165, 1.54) is 6.20 Å². The van der Waals surface area contributed by atoms with Crippen molar-refractivity contribution in [3.05, 3.63) is 48.2 Å². The number of hydrogen-bond donors (Lipinski definition) is 0. The number of carbonyl (C=O) groups excluding carboxylic acids is 2. The molecule has 2 fully saturated rings. The minimum Gasteiger partial charge on any atom is -0.497 e. The predicted octanol–water partition coefficient (Wildman–Crippen LogP) is 1.88. The molecule has 1 atom stereocenters. The van der Waals surface area contributed by atoms with Crippen molar-refractivity contribution in [1.29, 1.82) is 5.26 Å². The lowest BCUT2D eigenvalue weighted by Gasteiger charge is -2.22. The third kappa shape index (κ3) is 4.53. The molecule has 4 rings (SSSR count). The number of ether oxygens (including phenoxy) is 2. The van der Waals surface area contributed by atoms with E-state index in [1.54, 1.807) is 33.9 Å². The standard InChI is InChI=1S/C22H23N5O4/c1-30-18-4-2-17(3-5-18)27-11-10-26(22(27)29)15-21(28)25-9-7-19(14-25)31-20-12-16(13-23)6-8-24-20/h2-6,8,12,19H,7,9-11,14-15H2,1H3. The Morgan fingerprint density at radius 2 is 2.03 bits per heavy atom. The monoisotopic (exact) mass is 421 g/mol. The first-order valence-electron chi connectivity index (χ1n) is 10.1. The molecule has 1 aromatic heterocycles. The molecule has 0 radical (unpaired) electrons. The number of nitriles is 1. The maximum atomic E-state index is 12.8. The second kappa shape index (κ2) is 8.92. The highest BCUT2D eigenvalue weighted by molar-refractivity contribution is 5.96. The fourth-order valence-corrected chi connectivity index (χ4v) is 3.76. The maximum Gasteiger partial charge on any atom is 0.325 e. The molecule has 1 unspecified atom stereocenters. The largest absolute Gasteiger partial charge is 0.497 e. The van der Waals surface area contributed by atoms with Gasteiger partial charge in [0.1, 0.15) is 18.4 Å².